The predicted octanol–water partition coefficient (Wildman–Crippen LogP) is 5.42. The number of hydrogen-bond acceptors (Lipinski definition) is 9. The third-order valence-electron chi connectivity index (χ3n) is 7.76. The lowest BCUT2D eigenvalue weighted by atomic mass is 9.93. The third kappa shape index (κ3) is 11.8. The molecule has 4 atom stereocenters. The largest absolute Gasteiger partial charge is 0.444 e. The van der Waals surface area contributed by atoms with E-state index in [1.807, 2.05) is 79.9 Å². The monoisotopic (exact) mass is 691 g/mol. The van der Waals surface area contributed by atoms with Crippen molar-refractivity contribution in [2.75, 3.05) is 0 Å². The van der Waals surface area contributed by atoms with E-state index in [9.17, 15) is 19.5 Å². The highest BCUT2D eigenvalue weighted by molar-refractivity contribution is 7.09. The molecule has 0 spiro atoms. The number of aliphatic hydroxyl groups is 1. The molecule has 0 aliphatic heterocycles. The Labute approximate surface area is 290 Å². The minimum absolute atomic E-state index is 0.0712. The Kier molecular flexibility index (Phi) is 14.1. The standard InChI is InChI=1S/C36H45N5O5S2/c1-23(2)33(41-32(43)18-28-21-47-35(38-28)24(3)4)34(44)40-30(16-26-13-9-6-10-14-26)31(42)17-27(15-25-11-7-5-8-12-25)39-36(45)46-20-29-19-37-22-48-29/h5-14,19,21-24,27,30-31,33,42H,15-18,20H2,1-4H3,(H,39,45)(H,40,44)(H,41,43)/t27-,30-,31-,33-/m0/s1. The van der Waals surface area contributed by atoms with Crippen molar-refractivity contribution in [3.8, 4) is 0 Å². The van der Waals surface area contributed by atoms with Crippen molar-refractivity contribution in [2.24, 2.45) is 5.92 Å². The van der Waals surface area contributed by atoms with Gasteiger partial charge in [0.05, 0.1) is 39.7 Å². The normalized spacial score (nSPS) is 13.8. The van der Waals surface area contributed by atoms with Crippen molar-refractivity contribution in [1.82, 2.24) is 25.9 Å². The molecule has 3 amide bonds. The van der Waals surface area contributed by atoms with Crippen molar-refractivity contribution < 1.29 is 24.2 Å². The van der Waals surface area contributed by atoms with E-state index in [0.29, 0.717) is 18.5 Å². The molecule has 256 valence electrons. The smallest absolute Gasteiger partial charge is 0.407 e. The molecule has 0 saturated heterocycles. The Morgan fingerprint density at radius 1 is 0.875 bits per heavy atom. The first-order valence-electron chi connectivity index (χ1n) is 16.2. The Hall–Kier alpha value is -4.13. The van der Waals surface area contributed by atoms with Crippen molar-refractivity contribution in [1.29, 1.82) is 0 Å². The van der Waals surface area contributed by atoms with Gasteiger partial charge in [-0.1, -0.05) is 88.4 Å². The van der Waals surface area contributed by atoms with Crippen LogP contribution in [0.25, 0.3) is 0 Å². The van der Waals surface area contributed by atoms with Crippen LogP contribution in [0.3, 0.4) is 0 Å². The zero-order chi connectivity index (χ0) is 34.5. The van der Waals surface area contributed by atoms with E-state index >= 15 is 0 Å². The zero-order valence-electron chi connectivity index (χ0n) is 27.8. The Bertz CT molecular complexity index is 1560. The molecule has 10 nitrogen and oxygen atoms in total. The number of ether oxygens (including phenoxy) is 1. The molecule has 0 radical (unpaired) electrons. The number of rotatable bonds is 17. The number of benzene rings is 2. The SMILES string of the molecule is CC(C)c1nc(CC(=O)N[C@H](C(=O)N[C@@H](Cc2ccccc2)[C@@H](O)C[C@H](Cc2ccccc2)NC(=O)OCc2cncs2)C(C)C)cs1. The highest BCUT2D eigenvalue weighted by atomic mass is 32.1. The molecular weight excluding hydrogens is 647 g/mol. The number of carbonyl (C=O) groups excluding carboxylic acids is 3. The first-order chi connectivity index (χ1) is 23.1. The van der Waals surface area contributed by atoms with Gasteiger partial charge >= 0.3 is 6.09 Å². The molecule has 0 aliphatic carbocycles. The molecule has 2 aromatic carbocycles. The fourth-order valence-electron chi connectivity index (χ4n) is 5.22. The van der Waals surface area contributed by atoms with E-state index in [4.69, 9.17) is 4.74 Å². The van der Waals surface area contributed by atoms with E-state index in [0.717, 1.165) is 21.0 Å². The van der Waals surface area contributed by atoms with Crippen LogP contribution in [0.4, 0.5) is 4.79 Å². The third-order valence-corrected chi connectivity index (χ3v) is 9.71. The highest BCUT2D eigenvalue weighted by Gasteiger charge is 2.31. The van der Waals surface area contributed by atoms with Crippen LogP contribution in [0.1, 0.15) is 66.7 Å². The van der Waals surface area contributed by atoms with Crippen LogP contribution in [0.2, 0.25) is 0 Å². The van der Waals surface area contributed by atoms with Gasteiger partial charge in [-0.2, -0.15) is 0 Å². The van der Waals surface area contributed by atoms with Crippen LogP contribution in [-0.4, -0.2) is 57.2 Å². The van der Waals surface area contributed by atoms with E-state index in [1.165, 1.54) is 22.7 Å². The highest BCUT2D eigenvalue weighted by Crippen LogP contribution is 2.20. The van der Waals surface area contributed by atoms with Crippen molar-refractivity contribution in [3.63, 3.8) is 0 Å². The summed E-state index contributed by atoms with van der Waals surface area (Å²) in [5.74, 6) is -0.638. The molecule has 4 rings (SSSR count). The van der Waals surface area contributed by atoms with Crippen molar-refractivity contribution in [3.05, 3.63) is 104 Å². The lowest BCUT2D eigenvalue weighted by molar-refractivity contribution is -0.130. The average Bonchev–Trinajstić information content (AvgIpc) is 3.76. The van der Waals surface area contributed by atoms with Crippen LogP contribution in [0.5, 0.6) is 0 Å². The lowest BCUT2D eigenvalue weighted by Crippen LogP contribution is -2.56. The molecule has 0 bridgehead atoms. The summed E-state index contributed by atoms with van der Waals surface area (Å²) in [5.41, 5.74) is 4.24. The van der Waals surface area contributed by atoms with Gasteiger partial charge in [0, 0.05) is 23.5 Å². The summed E-state index contributed by atoms with van der Waals surface area (Å²) in [5, 5.41) is 23.4. The Morgan fingerprint density at radius 2 is 1.54 bits per heavy atom. The zero-order valence-corrected chi connectivity index (χ0v) is 29.4. The fraction of sp³-hybridized carbons (Fsp3) is 0.417. The molecule has 0 fully saturated rings. The van der Waals surface area contributed by atoms with Gasteiger partial charge in [-0.3, -0.25) is 14.6 Å². The number of aromatic nitrogens is 2. The van der Waals surface area contributed by atoms with E-state index in [1.54, 1.807) is 11.7 Å². The van der Waals surface area contributed by atoms with Crippen LogP contribution >= 0.6 is 22.7 Å². The van der Waals surface area contributed by atoms with Gasteiger partial charge in [-0.05, 0) is 36.3 Å². The van der Waals surface area contributed by atoms with Crippen LogP contribution in [0, 0.1) is 5.92 Å². The Morgan fingerprint density at radius 3 is 2.12 bits per heavy atom. The second kappa shape index (κ2) is 18.4. The number of nitrogens with zero attached hydrogens (tertiary/aromatic N) is 2. The minimum Gasteiger partial charge on any atom is -0.444 e. The minimum atomic E-state index is -1.04. The molecule has 12 heteroatoms. The summed E-state index contributed by atoms with van der Waals surface area (Å²) in [6.45, 7) is 7.93. The second-order valence-electron chi connectivity index (χ2n) is 12.5. The summed E-state index contributed by atoms with van der Waals surface area (Å²) in [7, 11) is 0. The summed E-state index contributed by atoms with van der Waals surface area (Å²) in [6, 6.07) is 17.2. The predicted molar refractivity (Wildman–Crippen MR) is 189 cm³/mol. The maximum absolute atomic E-state index is 13.8. The van der Waals surface area contributed by atoms with E-state index in [-0.39, 0.29) is 37.2 Å². The first-order valence-corrected chi connectivity index (χ1v) is 17.9. The molecule has 4 N–H and O–H groups in total. The second-order valence-corrected chi connectivity index (χ2v) is 14.3. The first kappa shape index (κ1) is 36.7. The fourth-order valence-corrected chi connectivity index (χ4v) is 6.56. The number of amides is 3. The van der Waals surface area contributed by atoms with Gasteiger partial charge in [-0.25, -0.2) is 9.78 Å². The molecule has 0 unspecified atom stereocenters. The maximum Gasteiger partial charge on any atom is 0.407 e. The molecule has 4 aromatic rings. The number of aliphatic hydroxyl groups excluding tert-OH is 1. The van der Waals surface area contributed by atoms with Gasteiger partial charge in [0.2, 0.25) is 11.8 Å². The van der Waals surface area contributed by atoms with Gasteiger partial charge in [0.15, 0.2) is 0 Å². The number of carbonyl (C=O) groups is 3. The van der Waals surface area contributed by atoms with Crippen LogP contribution in [-0.2, 0) is 40.2 Å². The number of thiazole rings is 2. The summed E-state index contributed by atoms with van der Waals surface area (Å²) in [6.07, 6.45) is 0.997. The average molecular weight is 692 g/mol. The number of alkyl carbamates (subject to hydrolysis) is 1. The quantitative estimate of drug-likeness (QED) is 0.116. The van der Waals surface area contributed by atoms with Gasteiger partial charge in [0.25, 0.3) is 0 Å². The molecule has 0 saturated carbocycles. The number of nitrogens with one attached hydrogen (secondary N) is 3. The topological polar surface area (TPSA) is 143 Å². The molecule has 2 heterocycles. The number of hydrogen-bond donors (Lipinski definition) is 4. The molecule has 2 aromatic heterocycles. The molecule has 0 aliphatic rings. The summed E-state index contributed by atoms with van der Waals surface area (Å²) < 4.78 is 5.43. The van der Waals surface area contributed by atoms with Crippen LogP contribution in [0.15, 0.2) is 77.8 Å². The van der Waals surface area contributed by atoms with Crippen molar-refractivity contribution in [2.45, 2.75) is 90.1 Å². The van der Waals surface area contributed by atoms with Gasteiger partial charge in [0.1, 0.15) is 12.6 Å². The summed E-state index contributed by atoms with van der Waals surface area (Å²) in [4.78, 5) is 49.0. The Balaban J connectivity index is 1.47. The molecular formula is C36H45N5O5S2. The molecule has 48 heavy (non-hydrogen) atoms. The van der Waals surface area contributed by atoms with Gasteiger partial charge in [-0.15, -0.1) is 22.7 Å². The summed E-state index contributed by atoms with van der Waals surface area (Å²) >= 11 is 2.91. The lowest BCUT2D eigenvalue weighted by Gasteiger charge is -2.30. The van der Waals surface area contributed by atoms with Crippen LogP contribution < -0.4 is 16.0 Å². The van der Waals surface area contributed by atoms with Crippen molar-refractivity contribution >= 4 is 40.6 Å². The van der Waals surface area contributed by atoms with Gasteiger partial charge < -0.3 is 25.8 Å². The maximum atomic E-state index is 13.8. The van der Waals surface area contributed by atoms with E-state index in [2.05, 4.69) is 39.8 Å². The van der Waals surface area contributed by atoms with E-state index < -0.39 is 36.2 Å².